The van der Waals surface area contributed by atoms with Gasteiger partial charge >= 0.3 is 5.97 Å². The van der Waals surface area contributed by atoms with Crippen LogP contribution in [0.1, 0.15) is 26.2 Å². The van der Waals surface area contributed by atoms with Crippen molar-refractivity contribution in [2.45, 2.75) is 38.3 Å². The summed E-state index contributed by atoms with van der Waals surface area (Å²) >= 11 is 0. The quantitative estimate of drug-likeness (QED) is 0.543. The van der Waals surface area contributed by atoms with E-state index in [0.29, 0.717) is 13.0 Å². The predicted molar refractivity (Wildman–Crippen MR) is 68.2 cm³/mol. The second-order valence-electron chi connectivity index (χ2n) is 4.95. The molecule has 1 aliphatic heterocycles. The van der Waals surface area contributed by atoms with Gasteiger partial charge in [-0.25, -0.2) is 4.79 Å². The molecule has 2 amide bonds. The van der Waals surface area contributed by atoms with Crippen molar-refractivity contribution >= 4 is 17.8 Å². The number of carbonyl (C=O) groups is 3. The lowest BCUT2D eigenvalue weighted by Crippen LogP contribution is -2.55. The molecule has 1 rings (SSSR count). The summed E-state index contributed by atoms with van der Waals surface area (Å²) in [5, 5.41) is 12.1. The Hall–Kier alpha value is -1.47. The molecule has 3 atom stereocenters. The van der Waals surface area contributed by atoms with Crippen molar-refractivity contribution in [1.29, 1.82) is 0 Å². The van der Waals surface area contributed by atoms with Crippen LogP contribution in [0.3, 0.4) is 0 Å². The summed E-state index contributed by atoms with van der Waals surface area (Å²) in [6, 6.07) is -1.60. The van der Waals surface area contributed by atoms with Gasteiger partial charge in [-0.3, -0.25) is 14.5 Å². The van der Waals surface area contributed by atoms with Crippen LogP contribution in [0.4, 0.5) is 0 Å². The molecule has 0 aliphatic carbocycles. The number of likely N-dealkylation sites (tertiary alicyclic amines) is 1. The van der Waals surface area contributed by atoms with Gasteiger partial charge in [0.15, 0.2) is 0 Å². The Balaban J connectivity index is 2.87. The van der Waals surface area contributed by atoms with Gasteiger partial charge in [0.1, 0.15) is 6.04 Å². The molecule has 4 N–H and O–H groups in total. The van der Waals surface area contributed by atoms with Gasteiger partial charge < -0.3 is 16.2 Å². The van der Waals surface area contributed by atoms with Gasteiger partial charge in [0.2, 0.25) is 11.8 Å². The maximum atomic E-state index is 12.0. The van der Waals surface area contributed by atoms with Crippen LogP contribution < -0.4 is 11.1 Å². The number of aliphatic carboxylic acids is 1. The van der Waals surface area contributed by atoms with E-state index < -0.39 is 29.9 Å². The van der Waals surface area contributed by atoms with E-state index in [9.17, 15) is 19.5 Å². The van der Waals surface area contributed by atoms with Crippen LogP contribution in [0.15, 0.2) is 0 Å². The van der Waals surface area contributed by atoms with Crippen molar-refractivity contribution in [1.82, 2.24) is 10.2 Å². The molecule has 3 unspecified atom stereocenters. The Labute approximate surface area is 112 Å². The lowest BCUT2D eigenvalue weighted by atomic mass is 9.95. The van der Waals surface area contributed by atoms with Gasteiger partial charge in [0.25, 0.3) is 0 Å². The number of hydrogen-bond donors (Lipinski definition) is 3. The summed E-state index contributed by atoms with van der Waals surface area (Å²) in [6.07, 6.45) is 0.738. The fraction of sp³-hybridized carbons (Fsp3) is 0.750. The number of imide groups is 1. The summed E-state index contributed by atoms with van der Waals surface area (Å²) in [5.74, 6) is -2.35. The lowest BCUT2D eigenvalue weighted by molar-refractivity contribution is -0.163. The normalized spacial score (nSPS) is 23.3. The first-order valence-electron chi connectivity index (χ1n) is 6.37. The zero-order valence-electron chi connectivity index (χ0n) is 11.3. The van der Waals surface area contributed by atoms with Gasteiger partial charge in [-0.2, -0.15) is 0 Å². The molecule has 0 aromatic rings. The van der Waals surface area contributed by atoms with Crippen molar-refractivity contribution in [3.8, 4) is 0 Å². The third kappa shape index (κ3) is 3.74. The van der Waals surface area contributed by atoms with Crippen molar-refractivity contribution in [3.63, 3.8) is 0 Å². The van der Waals surface area contributed by atoms with E-state index in [0.717, 1.165) is 4.90 Å². The third-order valence-electron chi connectivity index (χ3n) is 3.31. The SMILES string of the molecule is CNCC(N)CC(C(=O)O)N1C(=O)CCC(C)C1=O. The number of piperidine rings is 1. The van der Waals surface area contributed by atoms with E-state index in [1.807, 2.05) is 0 Å². The fourth-order valence-electron chi connectivity index (χ4n) is 2.22. The summed E-state index contributed by atoms with van der Waals surface area (Å²) in [7, 11) is 1.70. The molecule has 108 valence electrons. The molecule has 1 saturated heterocycles. The van der Waals surface area contributed by atoms with Crippen LogP contribution in [-0.2, 0) is 14.4 Å². The van der Waals surface area contributed by atoms with Crippen molar-refractivity contribution < 1.29 is 19.5 Å². The molecule has 0 bridgehead atoms. The Kier molecular flexibility index (Phi) is 5.44. The van der Waals surface area contributed by atoms with E-state index in [1.165, 1.54) is 0 Å². The second kappa shape index (κ2) is 6.63. The Morgan fingerprint density at radius 3 is 2.74 bits per heavy atom. The number of carboxylic acids is 1. The minimum absolute atomic E-state index is 0.0559. The number of likely N-dealkylation sites (N-methyl/N-ethyl adjacent to an activating group) is 1. The lowest BCUT2D eigenvalue weighted by Gasteiger charge is -2.34. The van der Waals surface area contributed by atoms with E-state index in [-0.39, 0.29) is 18.8 Å². The first-order chi connectivity index (χ1) is 8.88. The molecule has 19 heavy (non-hydrogen) atoms. The summed E-state index contributed by atoms with van der Waals surface area (Å²) in [5.41, 5.74) is 5.78. The number of carbonyl (C=O) groups excluding carboxylic acids is 2. The third-order valence-corrected chi connectivity index (χ3v) is 3.31. The zero-order valence-corrected chi connectivity index (χ0v) is 11.3. The van der Waals surface area contributed by atoms with Crippen LogP contribution in [0.25, 0.3) is 0 Å². The minimum atomic E-state index is -1.19. The highest BCUT2D eigenvalue weighted by atomic mass is 16.4. The second-order valence-corrected chi connectivity index (χ2v) is 4.95. The first-order valence-corrected chi connectivity index (χ1v) is 6.37. The van der Waals surface area contributed by atoms with Crippen molar-refractivity contribution in [2.24, 2.45) is 11.7 Å². The van der Waals surface area contributed by atoms with Crippen LogP contribution >= 0.6 is 0 Å². The number of rotatable bonds is 6. The van der Waals surface area contributed by atoms with Crippen LogP contribution in [-0.4, -0.2) is 53.5 Å². The first kappa shape index (κ1) is 15.6. The minimum Gasteiger partial charge on any atom is -0.480 e. The molecule has 0 aromatic heterocycles. The number of nitrogens with zero attached hydrogens (tertiary/aromatic N) is 1. The van der Waals surface area contributed by atoms with Crippen LogP contribution in [0, 0.1) is 5.92 Å². The van der Waals surface area contributed by atoms with Gasteiger partial charge in [0.05, 0.1) is 0 Å². The zero-order chi connectivity index (χ0) is 14.6. The largest absolute Gasteiger partial charge is 0.480 e. The molecule has 7 heteroatoms. The summed E-state index contributed by atoms with van der Waals surface area (Å²) in [4.78, 5) is 36.0. The van der Waals surface area contributed by atoms with Crippen molar-refractivity contribution in [3.05, 3.63) is 0 Å². The maximum Gasteiger partial charge on any atom is 0.326 e. The molecule has 1 fully saturated rings. The van der Waals surface area contributed by atoms with E-state index >= 15 is 0 Å². The smallest absolute Gasteiger partial charge is 0.326 e. The van der Waals surface area contributed by atoms with Gasteiger partial charge in [0, 0.05) is 24.9 Å². The average molecular weight is 271 g/mol. The van der Waals surface area contributed by atoms with E-state index in [4.69, 9.17) is 5.73 Å². The maximum absolute atomic E-state index is 12.0. The average Bonchev–Trinajstić information content (AvgIpc) is 2.33. The molecule has 1 heterocycles. The summed E-state index contributed by atoms with van der Waals surface area (Å²) < 4.78 is 0. The highest BCUT2D eigenvalue weighted by molar-refractivity contribution is 6.01. The number of hydrogen-bond acceptors (Lipinski definition) is 5. The highest BCUT2D eigenvalue weighted by Gasteiger charge is 2.40. The topological polar surface area (TPSA) is 113 Å². The molecular weight excluding hydrogens is 250 g/mol. The molecule has 0 saturated carbocycles. The molecule has 0 radical (unpaired) electrons. The van der Waals surface area contributed by atoms with E-state index in [1.54, 1.807) is 14.0 Å². The number of nitrogens with one attached hydrogen (secondary N) is 1. The fourth-order valence-corrected chi connectivity index (χ4v) is 2.22. The molecule has 0 aromatic carbocycles. The standard InChI is InChI=1S/C12H21N3O4/c1-7-3-4-10(16)15(11(7)17)9(12(18)19)5-8(13)6-14-2/h7-9,14H,3-6,13H2,1-2H3,(H,18,19). The predicted octanol–water partition coefficient (Wildman–Crippen LogP) is -0.838. The number of nitrogens with two attached hydrogens (primary N) is 1. The molecule has 0 spiro atoms. The van der Waals surface area contributed by atoms with E-state index in [2.05, 4.69) is 5.32 Å². The van der Waals surface area contributed by atoms with Gasteiger partial charge in [-0.15, -0.1) is 0 Å². The van der Waals surface area contributed by atoms with Gasteiger partial charge in [-0.1, -0.05) is 6.92 Å². The Bertz CT molecular complexity index is 372. The Morgan fingerprint density at radius 1 is 1.58 bits per heavy atom. The molecule has 1 aliphatic rings. The summed E-state index contributed by atoms with van der Waals surface area (Å²) in [6.45, 7) is 2.13. The van der Waals surface area contributed by atoms with Crippen LogP contribution in [0.2, 0.25) is 0 Å². The van der Waals surface area contributed by atoms with Gasteiger partial charge in [-0.05, 0) is 19.9 Å². The number of amides is 2. The molecule has 7 nitrogen and oxygen atoms in total. The molecular formula is C12H21N3O4. The number of carboxylic acid groups (broad SMARTS) is 1. The monoisotopic (exact) mass is 271 g/mol. The van der Waals surface area contributed by atoms with Crippen molar-refractivity contribution in [2.75, 3.05) is 13.6 Å². The Morgan fingerprint density at radius 2 is 2.21 bits per heavy atom. The van der Waals surface area contributed by atoms with Crippen LogP contribution in [0.5, 0.6) is 0 Å². The highest BCUT2D eigenvalue weighted by Crippen LogP contribution is 2.22.